The van der Waals surface area contributed by atoms with Crippen LogP contribution in [0.1, 0.15) is 12.8 Å². The predicted octanol–water partition coefficient (Wildman–Crippen LogP) is 1.56. The maximum Gasteiger partial charge on any atom is 0.220 e. The smallest absolute Gasteiger partial charge is 0.220 e. The highest BCUT2D eigenvalue weighted by Crippen LogP contribution is 2.15. The van der Waals surface area contributed by atoms with Crippen LogP contribution in [0, 0.1) is 0 Å². The zero-order chi connectivity index (χ0) is 10.5. The molecule has 0 bridgehead atoms. The standard InChI is InChI=1S/C11H14N2OS/c14-11-7-6-9(8-12-11)13-15-10-4-2-1-3-5-10/h1-5,9,13H,6-8H2,(H,12,14). The van der Waals surface area contributed by atoms with Gasteiger partial charge in [-0.1, -0.05) is 18.2 Å². The van der Waals surface area contributed by atoms with Crippen LogP contribution in [0.2, 0.25) is 0 Å². The highest BCUT2D eigenvalue weighted by atomic mass is 32.2. The molecule has 1 saturated heterocycles. The van der Waals surface area contributed by atoms with E-state index < -0.39 is 0 Å². The molecule has 1 unspecified atom stereocenters. The number of piperidine rings is 1. The Morgan fingerprint density at radius 1 is 1.33 bits per heavy atom. The van der Waals surface area contributed by atoms with Gasteiger partial charge in [0.1, 0.15) is 0 Å². The molecule has 2 N–H and O–H groups in total. The molecule has 0 aromatic heterocycles. The highest BCUT2D eigenvalue weighted by Gasteiger charge is 2.17. The molecular formula is C11H14N2OS. The predicted molar refractivity (Wildman–Crippen MR) is 61.5 cm³/mol. The number of benzene rings is 1. The van der Waals surface area contributed by atoms with Crippen molar-refractivity contribution in [3.63, 3.8) is 0 Å². The Bertz CT molecular complexity index is 319. The van der Waals surface area contributed by atoms with E-state index >= 15 is 0 Å². The molecule has 1 aromatic carbocycles. The van der Waals surface area contributed by atoms with E-state index in [4.69, 9.17) is 0 Å². The Hall–Kier alpha value is -1.00. The minimum absolute atomic E-state index is 0.165. The van der Waals surface area contributed by atoms with Gasteiger partial charge in [-0.3, -0.25) is 9.52 Å². The van der Waals surface area contributed by atoms with Crippen LogP contribution in [0.25, 0.3) is 0 Å². The van der Waals surface area contributed by atoms with Gasteiger partial charge in [0.05, 0.1) is 0 Å². The van der Waals surface area contributed by atoms with Crippen molar-refractivity contribution in [2.24, 2.45) is 0 Å². The van der Waals surface area contributed by atoms with Crippen molar-refractivity contribution in [3.05, 3.63) is 30.3 Å². The number of hydrogen-bond donors (Lipinski definition) is 2. The second kappa shape index (κ2) is 5.19. The molecule has 0 spiro atoms. The summed E-state index contributed by atoms with van der Waals surface area (Å²) in [5, 5.41) is 2.85. The van der Waals surface area contributed by atoms with Gasteiger partial charge in [0.25, 0.3) is 0 Å². The van der Waals surface area contributed by atoms with Gasteiger partial charge in [0.15, 0.2) is 0 Å². The average Bonchev–Trinajstić information content (AvgIpc) is 2.30. The van der Waals surface area contributed by atoms with Gasteiger partial charge >= 0.3 is 0 Å². The summed E-state index contributed by atoms with van der Waals surface area (Å²) in [5.74, 6) is 0.165. The van der Waals surface area contributed by atoms with Crippen molar-refractivity contribution in [1.29, 1.82) is 0 Å². The Morgan fingerprint density at radius 2 is 2.13 bits per heavy atom. The minimum Gasteiger partial charge on any atom is -0.355 e. The lowest BCUT2D eigenvalue weighted by Crippen LogP contribution is -2.43. The van der Waals surface area contributed by atoms with Gasteiger partial charge in [-0.15, -0.1) is 0 Å². The van der Waals surface area contributed by atoms with Gasteiger partial charge in [-0.2, -0.15) is 0 Å². The first kappa shape index (κ1) is 10.5. The summed E-state index contributed by atoms with van der Waals surface area (Å²) >= 11 is 1.63. The molecule has 1 aliphatic rings. The van der Waals surface area contributed by atoms with Gasteiger partial charge in [-0.25, -0.2) is 0 Å². The summed E-state index contributed by atoms with van der Waals surface area (Å²) in [6.07, 6.45) is 1.55. The van der Waals surface area contributed by atoms with E-state index in [1.165, 1.54) is 4.90 Å². The molecule has 1 heterocycles. The SMILES string of the molecule is O=C1CCC(NSc2ccccc2)CN1. The second-order valence-corrected chi connectivity index (χ2v) is 4.48. The molecule has 2 rings (SSSR count). The van der Waals surface area contributed by atoms with Gasteiger partial charge in [0.2, 0.25) is 5.91 Å². The van der Waals surface area contributed by atoms with Crippen LogP contribution in [-0.4, -0.2) is 18.5 Å². The Kier molecular flexibility index (Phi) is 3.64. The Morgan fingerprint density at radius 3 is 2.80 bits per heavy atom. The molecule has 4 heteroatoms. The van der Waals surface area contributed by atoms with Crippen molar-refractivity contribution in [1.82, 2.24) is 10.0 Å². The first-order chi connectivity index (χ1) is 7.34. The molecule has 15 heavy (non-hydrogen) atoms. The van der Waals surface area contributed by atoms with Crippen LogP contribution in [-0.2, 0) is 4.79 Å². The second-order valence-electron chi connectivity index (χ2n) is 3.57. The number of carbonyl (C=O) groups excluding carboxylic acids is 1. The van der Waals surface area contributed by atoms with Crippen molar-refractivity contribution in [3.8, 4) is 0 Å². The quantitative estimate of drug-likeness (QED) is 0.763. The number of hydrogen-bond acceptors (Lipinski definition) is 3. The number of carbonyl (C=O) groups is 1. The lowest BCUT2D eigenvalue weighted by molar-refractivity contribution is -0.122. The molecular weight excluding hydrogens is 208 g/mol. The van der Waals surface area contributed by atoms with E-state index in [1.807, 2.05) is 18.2 Å². The van der Waals surface area contributed by atoms with Gasteiger partial charge in [0, 0.05) is 23.9 Å². The van der Waals surface area contributed by atoms with Crippen LogP contribution in [0.15, 0.2) is 35.2 Å². The van der Waals surface area contributed by atoms with E-state index in [1.54, 1.807) is 11.9 Å². The molecule has 1 aromatic rings. The fraction of sp³-hybridized carbons (Fsp3) is 0.364. The zero-order valence-corrected chi connectivity index (χ0v) is 9.22. The third-order valence-corrected chi connectivity index (χ3v) is 3.31. The van der Waals surface area contributed by atoms with Crippen molar-refractivity contribution >= 4 is 17.9 Å². The molecule has 0 aliphatic carbocycles. The summed E-state index contributed by atoms with van der Waals surface area (Å²) in [6, 6.07) is 10.6. The van der Waals surface area contributed by atoms with E-state index in [0.717, 1.165) is 13.0 Å². The van der Waals surface area contributed by atoms with Crippen molar-refractivity contribution in [2.45, 2.75) is 23.8 Å². The fourth-order valence-corrected chi connectivity index (χ4v) is 2.27. The molecule has 1 atom stereocenters. The van der Waals surface area contributed by atoms with Crippen LogP contribution in [0.4, 0.5) is 0 Å². The number of rotatable bonds is 3. The van der Waals surface area contributed by atoms with Crippen molar-refractivity contribution < 1.29 is 4.79 Å². The summed E-state index contributed by atoms with van der Waals surface area (Å²) in [6.45, 7) is 0.735. The first-order valence-corrected chi connectivity index (χ1v) is 5.90. The largest absolute Gasteiger partial charge is 0.355 e. The molecule has 1 aliphatic heterocycles. The molecule has 3 nitrogen and oxygen atoms in total. The summed E-state index contributed by atoms with van der Waals surface area (Å²) < 4.78 is 3.36. The summed E-state index contributed by atoms with van der Waals surface area (Å²) in [4.78, 5) is 12.1. The van der Waals surface area contributed by atoms with Crippen LogP contribution >= 0.6 is 11.9 Å². The highest BCUT2D eigenvalue weighted by molar-refractivity contribution is 7.97. The molecule has 1 amide bonds. The lowest BCUT2D eigenvalue weighted by atomic mass is 10.1. The molecule has 0 saturated carbocycles. The van der Waals surface area contributed by atoms with Crippen LogP contribution in [0.3, 0.4) is 0 Å². The first-order valence-electron chi connectivity index (χ1n) is 5.09. The average molecular weight is 222 g/mol. The third kappa shape index (κ3) is 3.25. The van der Waals surface area contributed by atoms with Crippen molar-refractivity contribution in [2.75, 3.05) is 6.54 Å². The minimum atomic E-state index is 0.165. The normalized spacial score (nSPS) is 21.1. The van der Waals surface area contributed by atoms with E-state index in [9.17, 15) is 4.79 Å². The van der Waals surface area contributed by atoms with E-state index in [-0.39, 0.29) is 5.91 Å². The summed E-state index contributed by atoms with van der Waals surface area (Å²) in [5.41, 5.74) is 0. The van der Waals surface area contributed by atoms with Crippen LogP contribution in [0.5, 0.6) is 0 Å². The van der Waals surface area contributed by atoms with Crippen LogP contribution < -0.4 is 10.0 Å². The molecule has 1 fully saturated rings. The molecule has 0 radical (unpaired) electrons. The monoisotopic (exact) mass is 222 g/mol. The number of nitrogens with one attached hydrogen (secondary N) is 2. The van der Waals surface area contributed by atoms with Gasteiger partial charge in [-0.05, 0) is 30.5 Å². The summed E-state index contributed by atoms with van der Waals surface area (Å²) in [7, 11) is 0. The zero-order valence-electron chi connectivity index (χ0n) is 8.40. The Balaban J connectivity index is 1.77. The van der Waals surface area contributed by atoms with E-state index in [2.05, 4.69) is 22.2 Å². The van der Waals surface area contributed by atoms with Gasteiger partial charge < -0.3 is 5.32 Å². The maximum atomic E-state index is 10.9. The maximum absolute atomic E-state index is 10.9. The lowest BCUT2D eigenvalue weighted by Gasteiger charge is -2.22. The number of amides is 1. The van der Waals surface area contributed by atoms with E-state index in [0.29, 0.717) is 12.5 Å². The Labute approximate surface area is 93.8 Å². The third-order valence-electron chi connectivity index (χ3n) is 2.35. The topological polar surface area (TPSA) is 41.1 Å². The fourth-order valence-electron chi connectivity index (χ4n) is 1.47. The molecule has 80 valence electrons.